The standard InChI is InChI=1S/C46H52N10O7S/c1-64(62,63)35-18-11-31(12-19-35)38-9-8-10-40-50-46(52-56(38)40)49-32-13-16-34(17-14-32)54-27-25-53(26-28-54)30-42(58)48-24-7-5-3-2-4-6-23-47-33-15-20-36-37(29-33)45(61)55(44(36)60)39-21-22-41(57)51-43(39)59/h8-20,29,39,47H,2-7,21-28,30H2,1H3,(H,48,58)(H,49,52)(H,51,57,59). The minimum atomic E-state index is -3.29. The first-order valence-electron chi connectivity index (χ1n) is 21.8. The molecule has 5 amide bonds. The molecule has 0 radical (unpaired) electrons. The number of sulfone groups is 1. The number of pyridine rings is 1. The average molecular weight is 889 g/mol. The topological polar surface area (TPSA) is 208 Å². The Hall–Kier alpha value is -6.66. The number of imide groups is 2. The van der Waals surface area contributed by atoms with E-state index in [1.807, 2.05) is 30.3 Å². The van der Waals surface area contributed by atoms with Gasteiger partial charge in [-0.2, -0.15) is 4.98 Å². The molecule has 64 heavy (non-hydrogen) atoms. The van der Waals surface area contributed by atoms with Crippen LogP contribution in [-0.4, -0.2) is 120 Å². The van der Waals surface area contributed by atoms with Gasteiger partial charge in [-0.1, -0.05) is 43.9 Å². The highest BCUT2D eigenvalue weighted by molar-refractivity contribution is 7.90. The Morgan fingerprint density at radius 3 is 2.19 bits per heavy atom. The maximum Gasteiger partial charge on any atom is 0.262 e. The third kappa shape index (κ3) is 10.2. The van der Waals surface area contributed by atoms with Crippen molar-refractivity contribution in [1.82, 2.24) is 35.0 Å². The fourth-order valence-electron chi connectivity index (χ4n) is 8.36. The number of piperazine rings is 1. The number of hydrogen-bond acceptors (Lipinski definition) is 13. The number of nitrogens with one attached hydrogen (secondary N) is 4. The van der Waals surface area contributed by atoms with Gasteiger partial charge in [0.2, 0.25) is 23.7 Å². The summed E-state index contributed by atoms with van der Waals surface area (Å²) in [6.45, 7) is 4.98. The number of unbranched alkanes of at least 4 members (excludes halogenated alkanes) is 5. The van der Waals surface area contributed by atoms with Gasteiger partial charge < -0.3 is 20.9 Å². The van der Waals surface area contributed by atoms with E-state index in [0.29, 0.717) is 31.2 Å². The van der Waals surface area contributed by atoms with Crippen molar-refractivity contribution in [3.8, 4) is 11.3 Å². The molecule has 8 rings (SSSR count). The largest absolute Gasteiger partial charge is 0.385 e. The van der Waals surface area contributed by atoms with Gasteiger partial charge >= 0.3 is 0 Å². The van der Waals surface area contributed by atoms with Crippen LogP contribution < -0.4 is 26.2 Å². The van der Waals surface area contributed by atoms with Gasteiger partial charge in [-0.15, -0.1) is 5.10 Å². The number of hydrogen-bond donors (Lipinski definition) is 4. The summed E-state index contributed by atoms with van der Waals surface area (Å²) in [5.74, 6) is -1.55. The first-order valence-corrected chi connectivity index (χ1v) is 23.7. The molecular formula is C46H52N10O7S. The average Bonchev–Trinajstić information content (AvgIpc) is 3.81. The maximum absolute atomic E-state index is 13.1. The quantitative estimate of drug-likeness (QED) is 0.0700. The molecule has 0 aliphatic carbocycles. The van der Waals surface area contributed by atoms with Crippen LogP contribution in [-0.2, 0) is 24.2 Å². The van der Waals surface area contributed by atoms with E-state index in [1.54, 1.807) is 47.0 Å². The van der Waals surface area contributed by atoms with Crippen LogP contribution >= 0.6 is 0 Å². The van der Waals surface area contributed by atoms with E-state index < -0.39 is 39.5 Å². The highest BCUT2D eigenvalue weighted by Gasteiger charge is 2.44. The van der Waals surface area contributed by atoms with Crippen molar-refractivity contribution < 1.29 is 32.4 Å². The second kappa shape index (κ2) is 19.4. The molecular weight excluding hydrogens is 837 g/mol. The van der Waals surface area contributed by atoms with Crippen molar-refractivity contribution in [2.24, 2.45) is 0 Å². The zero-order valence-electron chi connectivity index (χ0n) is 35.7. The molecule has 4 N–H and O–H groups in total. The Morgan fingerprint density at radius 2 is 1.47 bits per heavy atom. The van der Waals surface area contributed by atoms with E-state index in [4.69, 9.17) is 0 Å². The van der Waals surface area contributed by atoms with Gasteiger partial charge in [0.25, 0.3) is 11.8 Å². The molecule has 0 bridgehead atoms. The van der Waals surface area contributed by atoms with E-state index in [9.17, 15) is 32.4 Å². The van der Waals surface area contributed by atoms with E-state index in [2.05, 4.69) is 53.3 Å². The number of fused-ring (bicyclic) bond motifs is 2. The highest BCUT2D eigenvalue weighted by Crippen LogP contribution is 2.30. The molecule has 1 atom stereocenters. The van der Waals surface area contributed by atoms with Crippen LogP contribution in [0.4, 0.5) is 23.0 Å². The van der Waals surface area contributed by atoms with Crippen molar-refractivity contribution >= 4 is 68.0 Å². The van der Waals surface area contributed by atoms with Gasteiger partial charge in [0.1, 0.15) is 6.04 Å². The fourth-order valence-corrected chi connectivity index (χ4v) is 8.99. The number of rotatable bonds is 18. The lowest BCUT2D eigenvalue weighted by molar-refractivity contribution is -0.136. The van der Waals surface area contributed by atoms with Crippen LogP contribution in [0.3, 0.4) is 0 Å². The Balaban J connectivity index is 0.681. The summed E-state index contributed by atoms with van der Waals surface area (Å²) in [7, 11) is -3.29. The first-order chi connectivity index (χ1) is 30.9. The van der Waals surface area contributed by atoms with E-state index in [-0.39, 0.29) is 34.8 Å². The third-order valence-corrected chi connectivity index (χ3v) is 13.0. The predicted octanol–water partition coefficient (Wildman–Crippen LogP) is 4.64. The van der Waals surface area contributed by atoms with Crippen LogP contribution in [0.2, 0.25) is 0 Å². The van der Waals surface area contributed by atoms with Crippen LogP contribution in [0.15, 0.2) is 89.8 Å². The van der Waals surface area contributed by atoms with Crippen LogP contribution in [0.5, 0.6) is 0 Å². The van der Waals surface area contributed by atoms with E-state index in [0.717, 1.165) is 97.9 Å². The van der Waals surface area contributed by atoms with Crippen LogP contribution in [0, 0.1) is 0 Å². The predicted molar refractivity (Wildman–Crippen MR) is 242 cm³/mol. The molecule has 3 aliphatic rings. The molecule has 17 nitrogen and oxygen atoms in total. The molecule has 0 spiro atoms. The van der Waals surface area contributed by atoms with Gasteiger partial charge in [0, 0.05) is 74.6 Å². The Bertz CT molecular complexity index is 2660. The van der Waals surface area contributed by atoms with Crippen molar-refractivity contribution in [2.45, 2.75) is 62.3 Å². The highest BCUT2D eigenvalue weighted by atomic mass is 32.2. The lowest BCUT2D eigenvalue weighted by Gasteiger charge is -2.35. The Morgan fingerprint density at radius 1 is 0.781 bits per heavy atom. The summed E-state index contributed by atoms with van der Waals surface area (Å²) in [5.41, 5.74) is 5.48. The van der Waals surface area contributed by atoms with Gasteiger partial charge in [0.05, 0.1) is 28.3 Å². The lowest BCUT2D eigenvalue weighted by Crippen LogP contribution is -2.54. The smallest absolute Gasteiger partial charge is 0.262 e. The van der Waals surface area contributed by atoms with Crippen molar-refractivity contribution in [3.63, 3.8) is 0 Å². The first kappa shape index (κ1) is 44.0. The summed E-state index contributed by atoms with van der Waals surface area (Å²) < 4.78 is 25.5. The number of carbonyl (C=O) groups excluding carboxylic acids is 5. The van der Waals surface area contributed by atoms with Crippen LogP contribution in [0.25, 0.3) is 16.9 Å². The summed E-state index contributed by atoms with van der Waals surface area (Å²) in [6, 6.07) is 24.6. The van der Waals surface area contributed by atoms with Crippen LogP contribution in [0.1, 0.15) is 72.1 Å². The van der Waals surface area contributed by atoms with Gasteiger partial charge in [-0.05, 0) is 86.0 Å². The van der Waals surface area contributed by atoms with Crippen molar-refractivity contribution in [2.75, 3.05) is 67.6 Å². The van der Waals surface area contributed by atoms with Gasteiger partial charge in [-0.3, -0.25) is 39.1 Å². The summed E-state index contributed by atoms with van der Waals surface area (Å²) in [4.78, 5) is 72.9. The van der Waals surface area contributed by atoms with Gasteiger partial charge in [0.15, 0.2) is 15.5 Å². The molecule has 3 aliphatic heterocycles. The molecule has 3 aromatic carbocycles. The minimum absolute atomic E-state index is 0.0498. The molecule has 18 heteroatoms. The number of carbonyl (C=O) groups is 5. The zero-order valence-corrected chi connectivity index (χ0v) is 36.5. The second-order valence-corrected chi connectivity index (χ2v) is 18.5. The molecule has 5 aromatic rings. The third-order valence-electron chi connectivity index (χ3n) is 11.9. The second-order valence-electron chi connectivity index (χ2n) is 16.5. The molecule has 2 saturated heterocycles. The normalized spacial score (nSPS) is 16.9. The molecule has 5 heterocycles. The summed E-state index contributed by atoms with van der Waals surface area (Å²) >= 11 is 0. The Labute approximate surface area is 371 Å². The zero-order chi connectivity index (χ0) is 44.8. The fraction of sp³-hybridized carbons (Fsp3) is 0.370. The van der Waals surface area contributed by atoms with Crippen molar-refractivity contribution in [1.29, 1.82) is 0 Å². The number of amides is 5. The number of nitrogens with zero attached hydrogens (tertiary/aromatic N) is 6. The van der Waals surface area contributed by atoms with Crippen molar-refractivity contribution in [3.05, 3.63) is 96.1 Å². The van der Waals surface area contributed by atoms with E-state index >= 15 is 0 Å². The molecule has 334 valence electrons. The molecule has 0 saturated carbocycles. The van der Waals surface area contributed by atoms with Gasteiger partial charge in [-0.25, -0.2) is 12.9 Å². The lowest BCUT2D eigenvalue weighted by atomic mass is 10.0. The number of aromatic nitrogens is 3. The number of piperidine rings is 1. The number of benzene rings is 3. The molecule has 1 unspecified atom stereocenters. The Kier molecular flexibility index (Phi) is 13.3. The maximum atomic E-state index is 13.1. The minimum Gasteiger partial charge on any atom is -0.385 e. The summed E-state index contributed by atoms with van der Waals surface area (Å²) in [6.07, 6.45) is 7.49. The SMILES string of the molecule is CS(=O)(=O)c1ccc(-c2cccc3nc(Nc4ccc(N5CCN(CC(=O)NCCCCCCCCNc6ccc7c(c6)C(=O)N(C6CCC(=O)NC6=O)C7=O)CC5)cc4)nn23)cc1. The monoisotopic (exact) mass is 888 g/mol. The number of anilines is 4. The summed E-state index contributed by atoms with van der Waals surface area (Å²) in [5, 5.41) is 16.6. The molecule has 2 aromatic heterocycles. The van der Waals surface area contributed by atoms with E-state index in [1.165, 1.54) is 6.26 Å². The molecule has 2 fully saturated rings.